The second-order valence-corrected chi connectivity index (χ2v) is 3.42. The lowest BCUT2D eigenvalue weighted by Gasteiger charge is -2.05. The SMILES string of the molecule is CCn1nc(C)cc1NCc1ccco1.Cl. The zero-order valence-corrected chi connectivity index (χ0v) is 10.3. The van der Waals surface area contributed by atoms with Crippen molar-refractivity contribution in [2.45, 2.75) is 26.9 Å². The van der Waals surface area contributed by atoms with E-state index in [1.807, 2.05) is 29.8 Å². The highest BCUT2D eigenvalue weighted by Crippen LogP contribution is 2.11. The summed E-state index contributed by atoms with van der Waals surface area (Å²) in [5.74, 6) is 1.96. The summed E-state index contributed by atoms with van der Waals surface area (Å²) in [5, 5.41) is 7.65. The maximum absolute atomic E-state index is 5.24. The van der Waals surface area contributed by atoms with Gasteiger partial charge in [-0.1, -0.05) is 0 Å². The number of nitrogens with one attached hydrogen (secondary N) is 1. The van der Waals surface area contributed by atoms with Crippen LogP contribution in [-0.4, -0.2) is 9.78 Å². The number of hydrogen-bond acceptors (Lipinski definition) is 3. The first kappa shape index (κ1) is 12.6. The van der Waals surface area contributed by atoms with Crippen molar-refractivity contribution in [3.05, 3.63) is 35.9 Å². The Hall–Kier alpha value is -1.42. The van der Waals surface area contributed by atoms with Crippen molar-refractivity contribution >= 4 is 18.2 Å². The van der Waals surface area contributed by atoms with E-state index in [0.717, 1.165) is 23.8 Å². The van der Waals surface area contributed by atoms with Crippen LogP contribution < -0.4 is 5.32 Å². The lowest BCUT2D eigenvalue weighted by atomic mass is 10.4. The van der Waals surface area contributed by atoms with Crippen molar-refractivity contribution in [3.63, 3.8) is 0 Å². The van der Waals surface area contributed by atoms with E-state index in [-0.39, 0.29) is 12.4 Å². The quantitative estimate of drug-likeness (QED) is 0.895. The minimum absolute atomic E-state index is 0. The Morgan fingerprint density at radius 3 is 2.94 bits per heavy atom. The molecule has 0 radical (unpaired) electrons. The second kappa shape index (κ2) is 5.61. The zero-order chi connectivity index (χ0) is 10.7. The lowest BCUT2D eigenvalue weighted by Crippen LogP contribution is -2.06. The summed E-state index contributed by atoms with van der Waals surface area (Å²) in [5.41, 5.74) is 1.03. The molecular weight excluding hydrogens is 226 g/mol. The molecule has 0 aliphatic rings. The number of aromatic nitrogens is 2. The second-order valence-electron chi connectivity index (χ2n) is 3.42. The van der Waals surface area contributed by atoms with Crippen molar-refractivity contribution in [3.8, 4) is 0 Å². The Morgan fingerprint density at radius 1 is 1.50 bits per heavy atom. The first-order valence-electron chi connectivity index (χ1n) is 5.10. The van der Waals surface area contributed by atoms with Crippen LogP contribution in [0.5, 0.6) is 0 Å². The molecule has 0 amide bonds. The number of halogens is 1. The number of nitrogens with zero attached hydrogens (tertiary/aromatic N) is 2. The predicted octanol–water partition coefficient (Wildman–Crippen LogP) is 2.84. The van der Waals surface area contributed by atoms with Crippen LogP contribution in [0, 0.1) is 6.92 Å². The molecule has 2 rings (SSSR count). The Balaban J connectivity index is 0.00000128. The third-order valence-electron chi connectivity index (χ3n) is 2.23. The highest BCUT2D eigenvalue weighted by Gasteiger charge is 2.03. The van der Waals surface area contributed by atoms with Crippen LogP contribution in [0.25, 0.3) is 0 Å². The van der Waals surface area contributed by atoms with Gasteiger partial charge in [-0.15, -0.1) is 12.4 Å². The summed E-state index contributed by atoms with van der Waals surface area (Å²) >= 11 is 0. The van der Waals surface area contributed by atoms with Gasteiger partial charge in [0.1, 0.15) is 11.6 Å². The highest BCUT2D eigenvalue weighted by atomic mass is 35.5. The van der Waals surface area contributed by atoms with Gasteiger partial charge in [-0.05, 0) is 26.0 Å². The average Bonchev–Trinajstić information content (AvgIpc) is 2.83. The van der Waals surface area contributed by atoms with E-state index in [1.165, 1.54) is 0 Å². The molecule has 5 heteroatoms. The molecule has 0 aliphatic heterocycles. The van der Waals surface area contributed by atoms with Crippen LogP contribution in [0.3, 0.4) is 0 Å². The molecule has 16 heavy (non-hydrogen) atoms. The van der Waals surface area contributed by atoms with E-state index in [1.54, 1.807) is 6.26 Å². The van der Waals surface area contributed by atoms with Gasteiger partial charge in [0.25, 0.3) is 0 Å². The number of rotatable bonds is 4. The van der Waals surface area contributed by atoms with Crippen molar-refractivity contribution in [2.24, 2.45) is 0 Å². The summed E-state index contributed by atoms with van der Waals surface area (Å²) in [7, 11) is 0. The average molecular weight is 242 g/mol. The van der Waals surface area contributed by atoms with Gasteiger partial charge in [0.05, 0.1) is 18.5 Å². The van der Waals surface area contributed by atoms with Crippen LogP contribution in [-0.2, 0) is 13.1 Å². The third-order valence-corrected chi connectivity index (χ3v) is 2.23. The van der Waals surface area contributed by atoms with E-state index in [0.29, 0.717) is 6.54 Å². The zero-order valence-electron chi connectivity index (χ0n) is 9.43. The number of aryl methyl sites for hydroxylation is 2. The van der Waals surface area contributed by atoms with Gasteiger partial charge >= 0.3 is 0 Å². The number of furan rings is 1. The van der Waals surface area contributed by atoms with Gasteiger partial charge < -0.3 is 9.73 Å². The molecule has 0 saturated heterocycles. The summed E-state index contributed by atoms with van der Waals surface area (Å²) in [4.78, 5) is 0. The maximum Gasteiger partial charge on any atom is 0.124 e. The van der Waals surface area contributed by atoms with Crippen LogP contribution in [0.15, 0.2) is 28.9 Å². The number of hydrogen-bond donors (Lipinski definition) is 1. The van der Waals surface area contributed by atoms with Gasteiger partial charge in [0.2, 0.25) is 0 Å². The largest absolute Gasteiger partial charge is 0.467 e. The molecule has 0 aromatic carbocycles. The standard InChI is InChI=1S/C11H15N3O.ClH/c1-3-14-11(7-9(2)13-14)12-8-10-5-4-6-15-10;/h4-7,12H,3,8H2,1-2H3;1H. The van der Waals surface area contributed by atoms with Gasteiger partial charge in [0.15, 0.2) is 0 Å². The van der Waals surface area contributed by atoms with Crippen molar-refractivity contribution in [2.75, 3.05) is 5.32 Å². The van der Waals surface area contributed by atoms with Crippen molar-refractivity contribution in [1.29, 1.82) is 0 Å². The molecule has 0 atom stereocenters. The Kier molecular flexibility index (Phi) is 4.43. The molecule has 4 nitrogen and oxygen atoms in total. The Labute approximate surface area is 101 Å². The first-order chi connectivity index (χ1) is 7.29. The summed E-state index contributed by atoms with van der Waals surface area (Å²) in [6.45, 7) is 5.63. The van der Waals surface area contributed by atoms with Crippen LogP contribution in [0.2, 0.25) is 0 Å². The molecule has 88 valence electrons. The summed E-state index contributed by atoms with van der Waals surface area (Å²) in [6, 6.07) is 5.87. The molecule has 2 aromatic heterocycles. The topological polar surface area (TPSA) is 43.0 Å². The monoisotopic (exact) mass is 241 g/mol. The minimum atomic E-state index is 0. The Morgan fingerprint density at radius 2 is 2.31 bits per heavy atom. The fourth-order valence-electron chi connectivity index (χ4n) is 1.52. The molecule has 0 aliphatic carbocycles. The minimum Gasteiger partial charge on any atom is -0.467 e. The summed E-state index contributed by atoms with van der Waals surface area (Å²) in [6.07, 6.45) is 1.68. The highest BCUT2D eigenvalue weighted by molar-refractivity contribution is 5.85. The molecule has 2 aromatic rings. The molecule has 0 saturated carbocycles. The first-order valence-corrected chi connectivity index (χ1v) is 5.10. The van der Waals surface area contributed by atoms with E-state index in [2.05, 4.69) is 17.3 Å². The van der Waals surface area contributed by atoms with Gasteiger partial charge in [0, 0.05) is 12.6 Å². The van der Waals surface area contributed by atoms with Crippen LogP contribution in [0.4, 0.5) is 5.82 Å². The van der Waals surface area contributed by atoms with E-state index >= 15 is 0 Å². The van der Waals surface area contributed by atoms with E-state index in [4.69, 9.17) is 4.42 Å². The number of anilines is 1. The van der Waals surface area contributed by atoms with Gasteiger partial charge in [-0.25, -0.2) is 4.68 Å². The lowest BCUT2D eigenvalue weighted by molar-refractivity contribution is 0.516. The molecular formula is C11H16ClN3O. The predicted molar refractivity (Wildman–Crippen MR) is 65.9 cm³/mol. The van der Waals surface area contributed by atoms with Crippen LogP contribution >= 0.6 is 12.4 Å². The van der Waals surface area contributed by atoms with E-state index < -0.39 is 0 Å². The molecule has 0 unspecified atom stereocenters. The molecule has 0 fully saturated rings. The molecule has 0 spiro atoms. The molecule has 2 heterocycles. The van der Waals surface area contributed by atoms with Crippen molar-refractivity contribution < 1.29 is 4.42 Å². The maximum atomic E-state index is 5.24. The molecule has 0 bridgehead atoms. The Bertz CT molecular complexity index is 422. The summed E-state index contributed by atoms with van der Waals surface area (Å²) < 4.78 is 7.19. The van der Waals surface area contributed by atoms with Gasteiger partial charge in [-0.2, -0.15) is 5.10 Å². The molecule has 1 N–H and O–H groups in total. The van der Waals surface area contributed by atoms with Crippen molar-refractivity contribution in [1.82, 2.24) is 9.78 Å². The van der Waals surface area contributed by atoms with Gasteiger partial charge in [-0.3, -0.25) is 0 Å². The third kappa shape index (κ3) is 2.79. The normalized spacial score (nSPS) is 9.88. The van der Waals surface area contributed by atoms with E-state index in [9.17, 15) is 0 Å². The fourth-order valence-corrected chi connectivity index (χ4v) is 1.52. The fraction of sp³-hybridized carbons (Fsp3) is 0.364. The van der Waals surface area contributed by atoms with Crippen LogP contribution in [0.1, 0.15) is 18.4 Å². The smallest absolute Gasteiger partial charge is 0.124 e.